The van der Waals surface area contributed by atoms with E-state index >= 15 is 0 Å². The lowest BCUT2D eigenvalue weighted by Crippen LogP contribution is -1.96. The molecule has 0 saturated carbocycles. The zero-order valence-electron chi connectivity index (χ0n) is 10.5. The minimum Gasteiger partial charge on any atom is -0.325 e. The molecule has 3 heteroatoms. The average molecular weight is 249 g/mol. The number of aromatic nitrogens is 2. The van der Waals surface area contributed by atoms with Crippen molar-refractivity contribution in [3.8, 4) is 0 Å². The van der Waals surface area contributed by atoms with Crippen LogP contribution in [0.4, 0.5) is 0 Å². The summed E-state index contributed by atoms with van der Waals surface area (Å²) in [7, 11) is 0. The number of hydrogen-bond acceptors (Lipinski definition) is 2. The summed E-state index contributed by atoms with van der Waals surface area (Å²) in [6.45, 7) is 0.451. The Bertz CT molecular complexity index is 711. The van der Waals surface area contributed by atoms with Crippen molar-refractivity contribution < 1.29 is 0 Å². The van der Waals surface area contributed by atoms with Gasteiger partial charge in [0.05, 0.1) is 11.2 Å². The molecule has 3 nitrogen and oxygen atoms in total. The second-order valence-corrected chi connectivity index (χ2v) is 4.32. The Kier molecular flexibility index (Phi) is 3.12. The first-order valence-electron chi connectivity index (χ1n) is 6.27. The summed E-state index contributed by atoms with van der Waals surface area (Å²) >= 11 is 0. The van der Waals surface area contributed by atoms with Crippen LogP contribution in [0.5, 0.6) is 0 Å². The maximum absolute atomic E-state index is 5.74. The topological polar surface area (TPSA) is 43.3 Å². The highest BCUT2D eigenvalue weighted by Gasteiger charge is 2.06. The fourth-order valence-electron chi connectivity index (χ4n) is 2.13. The smallest absolute Gasteiger partial charge is 0.137 e. The molecule has 0 bridgehead atoms. The van der Waals surface area contributed by atoms with Gasteiger partial charge in [0.25, 0.3) is 0 Å². The monoisotopic (exact) mass is 249 g/mol. The highest BCUT2D eigenvalue weighted by Crippen LogP contribution is 2.14. The number of pyridine rings is 1. The summed E-state index contributed by atoms with van der Waals surface area (Å²) in [6.07, 6.45) is 6.08. The van der Waals surface area contributed by atoms with Crippen molar-refractivity contribution in [3.63, 3.8) is 0 Å². The summed E-state index contributed by atoms with van der Waals surface area (Å²) in [6, 6.07) is 16.2. The van der Waals surface area contributed by atoms with Crippen molar-refractivity contribution in [2.45, 2.75) is 6.54 Å². The van der Waals surface area contributed by atoms with Crippen molar-refractivity contribution in [1.82, 2.24) is 9.38 Å². The normalized spacial score (nSPS) is 11.4. The Balaban J connectivity index is 2.04. The van der Waals surface area contributed by atoms with Gasteiger partial charge in [-0.25, -0.2) is 4.98 Å². The Hall–Kier alpha value is -2.39. The van der Waals surface area contributed by atoms with E-state index in [1.807, 2.05) is 48.7 Å². The van der Waals surface area contributed by atoms with Crippen molar-refractivity contribution in [3.05, 3.63) is 71.8 Å². The first-order chi connectivity index (χ1) is 9.38. The lowest BCUT2D eigenvalue weighted by atomic mass is 10.2. The second-order valence-electron chi connectivity index (χ2n) is 4.32. The maximum atomic E-state index is 5.74. The van der Waals surface area contributed by atoms with Crippen LogP contribution in [0.1, 0.15) is 17.1 Å². The number of rotatable bonds is 3. The molecule has 0 radical (unpaired) electrons. The standard InChI is InChI=1S/C16H15N3/c17-12-14-15-8-4-5-11-19(15)16(18-14)10-9-13-6-2-1-3-7-13/h1-11H,12,17H2/b10-9+. The van der Waals surface area contributed by atoms with Crippen molar-refractivity contribution in [2.24, 2.45) is 5.73 Å². The van der Waals surface area contributed by atoms with Crippen molar-refractivity contribution in [1.29, 1.82) is 0 Å². The van der Waals surface area contributed by atoms with E-state index in [-0.39, 0.29) is 0 Å². The van der Waals surface area contributed by atoms with E-state index in [4.69, 9.17) is 5.73 Å². The third-order valence-corrected chi connectivity index (χ3v) is 3.07. The molecular weight excluding hydrogens is 234 g/mol. The Morgan fingerprint density at radius 3 is 2.58 bits per heavy atom. The molecule has 0 amide bonds. The molecule has 0 aliphatic heterocycles. The van der Waals surface area contributed by atoms with Crippen LogP contribution in [-0.4, -0.2) is 9.38 Å². The van der Waals surface area contributed by atoms with Crippen LogP contribution in [0.2, 0.25) is 0 Å². The minimum atomic E-state index is 0.451. The van der Waals surface area contributed by atoms with E-state index in [0.29, 0.717) is 6.54 Å². The average Bonchev–Trinajstić information content (AvgIpc) is 2.84. The molecule has 1 aromatic carbocycles. The predicted molar refractivity (Wildman–Crippen MR) is 78.5 cm³/mol. The summed E-state index contributed by atoms with van der Waals surface area (Å²) in [5.41, 5.74) is 8.89. The molecule has 0 saturated heterocycles. The molecule has 2 aromatic heterocycles. The molecule has 0 fully saturated rings. The SMILES string of the molecule is NCc1nc(/C=C/c2ccccc2)n2ccccc12. The van der Waals surface area contributed by atoms with Gasteiger partial charge in [-0.05, 0) is 23.8 Å². The van der Waals surface area contributed by atoms with Gasteiger partial charge in [0, 0.05) is 12.7 Å². The molecule has 2 N–H and O–H groups in total. The van der Waals surface area contributed by atoms with Gasteiger partial charge < -0.3 is 5.73 Å². The van der Waals surface area contributed by atoms with E-state index in [1.54, 1.807) is 0 Å². The molecule has 2 heterocycles. The largest absolute Gasteiger partial charge is 0.325 e. The van der Waals surface area contributed by atoms with Gasteiger partial charge >= 0.3 is 0 Å². The molecule has 0 atom stereocenters. The number of fused-ring (bicyclic) bond motifs is 1. The Morgan fingerprint density at radius 2 is 1.79 bits per heavy atom. The van der Waals surface area contributed by atoms with Gasteiger partial charge in [-0.3, -0.25) is 4.40 Å². The molecule has 94 valence electrons. The second kappa shape index (κ2) is 5.08. The fourth-order valence-corrected chi connectivity index (χ4v) is 2.13. The van der Waals surface area contributed by atoms with Gasteiger partial charge in [0.15, 0.2) is 0 Å². The quantitative estimate of drug-likeness (QED) is 0.775. The lowest BCUT2D eigenvalue weighted by molar-refractivity contribution is 1.02. The van der Waals surface area contributed by atoms with Crippen LogP contribution in [0.3, 0.4) is 0 Å². The molecule has 0 spiro atoms. The van der Waals surface area contributed by atoms with Gasteiger partial charge in [-0.1, -0.05) is 42.5 Å². The van der Waals surface area contributed by atoms with Gasteiger partial charge in [-0.2, -0.15) is 0 Å². The molecule has 19 heavy (non-hydrogen) atoms. The van der Waals surface area contributed by atoms with Crippen molar-refractivity contribution >= 4 is 17.7 Å². The minimum absolute atomic E-state index is 0.451. The summed E-state index contributed by atoms with van der Waals surface area (Å²) in [5, 5.41) is 0. The maximum Gasteiger partial charge on any atom is 0.137 e. The van der Waals surface area contributed by atoms with E-state index in [2.05, 4.69) is 27.6 Å². The van der Waals surface area contributed by atoms with E-state index in [1.165, 1.54) is 0 Å². The zero-order chi connectivity index (χ0) is 13.1. The third kappa shape index (κ3) is 2.28. The number of nitrogens with two attached hydrogens (primary N) is 1. The highest BCUT2D eigenvalue weighted by atomic mass is 15.0. The van der Waals surface area contributed by atoms with Gasteiger partial charge in [0.2, 0.25) is 0 Å². The summed E-state index contributed by atoms with van der Waals surface area (Å²) in [5.74, 6) is 0.903. The highest BCUT2D eigenvalue weighted by molar-refractivity contribution is 5.69. The van der Waals surface area contributed by atoms with Crippen LogP contribution < -0.4 is 5.73 Å². The first-order valence-corrected chi connectivity index (χ1v) is 6.27. The van der Waals surface area contributed by atoms with Crippen LogP contribution in [-0.2, 0) is 6.54 Å². The third-order valence-electron chi connectivity index (χ3n) is 3.07. The molecular formula is C16H15N3. The molecule has 3 aromatic rings. The van der Waals surface area contributed by atoms with Crippen molar-refractivity contribution in [2.75, 3.05) is 0 Å². The lowest BCUT2D eigenvalue weighted by Gasteiger charge is -1.96. The van der Waals surface area contributed by atoms with Crippen LogP contribution in [0.15, 0.2) is 54.7 Å². The van der Waals surface area contributed by atoms with E-state index in [9.17, 15) is 0 Å². The fraction of sp³-hybridized carbons (Fsp3) is 0.0625. The predicted octanol–water partition coefficient (Wildman–Crippen LogP) is 2.96. The molecule has 0 unspecified atom stereocenters. The molecule has 0 aliphatic carbocycles. The van der Waals surface area contributed by atoms with E-state index in [0.717, 1.165) is 22.6 Å². The Morgan fingerprint density at radius 1 is 1.00 bits per heavy atom. The number of nitrogens with zero attached hydrogens (tertiary/aromatic N) is 2. The number of benzene rings is 1. The van der Waals surface area contributed by atoms with Crippen LogP contribution in [0.25, 0.3) is 17.7 Å². The zero-order valence-corrected chi connectivity index (χ0v) is 10.5. The van der Waals surface area contributed by atoms with Gasteiger partial charge in [-0.15, -0.1) is 0 Å². The molecule has 0 aliphatic rings. The number of imidazole rings is 1. The van der Waals surface area contributed by atoms with Gasteiger partial charge in [0.1, 0.15) is 5.82 Å². The molecule has 3 rings (SSSR count). The first kappa shape index (κ1) is 11.7. The van der Waals surface area contributed by atoms with Crippen LogP contribution >= 0.6 is 0 Å². The van der Waals surface area contributed by atoms with E-state index < -0.39 is 0 Å². The Labute approximate surface area is 112 Å². The van der Waals surface area contributed by atoms with Crippen LogP contribution in [0, 0.1) is 0 Å². The summed E-state index contributed by atoms with van der Waals surface area (Å²) < 4.78 is 2.06. The summed E-state index contributed by atoms with van der Waals surface area (Å²) in [4.78, 5) is 4.57. The number of hydrogen-bond donors (Lipinski definition) is 1.